The van der Waals surface area contributed by atoms with Gasteiger partial charge in [0.25, 0.3) is 0 Å². The molecular formula is C27H23ClN2O5S. The van der Waals surface area contributed by atoms with Gasteiger partial charge in [-0.15, -0.1) is 0 Å². The van der Waals surface area contributed by atoms with E-state index in [1.165, 1.54) is 17.4 Å². The molecule has 2 heterocycles. The first-order valence-corrected chi connectivity index (χ1v) is 12.5. The lowest BCUT2D eigenvalue weighted by molar-refractivity contribution is 0.0524. The first kappa shape index (κ1) is 24.0. The van der Waals surface area contributed by atoms with Gasteiger partial charge in [-0.2, -0.15) is 0 Å². The van der Waals surface area contributed by atoms with Crippen molar-refractivity contribution in [3.63, 3.8) is 0 Å². The van der Waals surface area contributed by atoms with E-state index in [0.717, 1.165) is 11.1 Å². The van der Waals surface area contributed by atoms with Gasteiger partial charge in [-0.05, 0) is 47.9 Å². The van der Waals surface area contributed by atoms with Gasteiger partial charge < -0.3 is 24.2 Å². The Morgan fingerprint density at radius 3 is 2.67 bits per heavy atom. The van der Waals surface area contributed by atoms with Crippen molar-refractivity contribution < 1.29 is 24.1 Å². The van der Waals surface area contributed by atoms with Crippen LogP contribution in [-0.2, 0) is 11.3 Å². The lowest BCUT2D eigenvalue weighted by Crippen LogP contribution is -2.15. The number of hydrogen-bond acceptors (Lipinski definition) is 8. The lowest BCUT2D eigenvalue weighted by atomic mass is 9.97. The van der Waals surface area contributed by atoms with E-state index < -0.39 is 5.97 Å². The molecule has 0 radical (unpaired) electrons. The van der Waals surface area contributed by atoms with Crippen molar-refractivity contribution in [3.05, 3.63) is 76.9 Å². The van der Waals surface area contributed by atoms with Gasteiger partial charge in [0.1, 0.15) is 16.5 Å². The summed E-state index contributed by atoms with van der Waals surface area (Å²) in [4.78, 5) is 20.0. The fourth-order valence-corrected chi connectivity index (χ4v) is 5.30. The van der Waals surface area contributed by atoms with Gasteiger partial charge in [-0.25, -0.2) is 9.78 Å². The topological polar surface area (TPSA) is 81.1 Å². The van der Waals surface area contributed by atoms with E-state index >= 15 is 0 Å². The first-order chi connectivity index (χ1) is 17.4. The van der Waals surface area contributed by atoms with Crippen LogP contribution >= 0.6 is 22.9 Å². The molecule has 0 spiro atoms. The second-order valence-corrected chi connectivity index (χ2v) is 9.50. The molecule has 0 fully saturated rings. The Bertz CT molecular complexity index is 1420. The molecular weight excluding hydrogens is 500 g/mol. The quantitative estimate of drug-likeness (QED) is 0.282. The number of aromatic hydroxyl groups is 1. The largest absolute Gasteiger partial charge is 0.507 e. The number of aromatic nitrogens is 1. The van der Waals surface area contributed by atoms with Gasteiger partial charge in [-0.3, -0.25) is 0 Å². The molecule has 5 rings (SSSR count). The monoisotopic (exact) mass is 522 g/mol. The molecule has 184 valence electrons. The molecule has 0 unspecified atom stereocenters. The predicted molar refractivity (Wildman–Crippen MR) is 140 cm³/mol. The molecule has 1 aliphatic rings. The summed E-state index contributed by atoms with van der Waals surface area (Å²) in [7, 11) is 1.93. The predicted octanol–water partition coefficient (Wildman–Crippen LogP) is 6.38. The summed E-state index contributed by atoms with van der Waals surface area (Å²) in [6, 6.07) is 18.9. The summed E-state index contributed by atoms with van der Waals surface area (Å²) in [5.74, 6) is 0.430. The van der Waals surface area contributed by atoms with Crippen molar-refractivity contribution in [3.8, 4) is 38.8 Å². The molecule has 3 aromatic carbocycles. The number of thiazole rings is 1. The number of benzene rings is 3. The van der Waals surface area contributed by atoms with E-state index in [-0.39, 0.29) is 29.9 Å². The Balaban J connectivity index is 1.58. The smallest absolute Gasteiger partial charge is 0.342 e. The van der Waals surface area contributed by atoms with Crippen LogP contribution in [0.3, 0.4) is 0 Å². The van der Waals surface area contributed by atoms with Crippen LogP contribution in [0.15, 0.2) is 60.7 Å². The molecule has 0 saturated carbocycles. The highest BCUT2D eigenvalue weighted by molar-refractivity contribution is 7.19. The molecule has 7 nitrogen and oxygen atoms in total. The molecule has 0 bridgehead atoms. The highest BCUT2D eigenvalue weighted by Gasteiger charge is 2.26. The highest BCUT2D eigenvalue weighted by atomic mass is 35.5. The number of phenols is 1. The number of esters is 1. The Morgan fingerprint density at radius 2 is 1.89 bits per heavy atom. The van der Waals surface area contributed by atoms with E-state index in [1.54, 1.807) is 6.92 Å². The number of fused-ring (bicyclic) bond motifs is 1. The number of anilines is 1. The molecule has 0 saturated heterocycles. The first-order valence-electron chi connectivity index (χ1n) is 11.3. The molecule has 4 aromatic rings. The second-order valence-electron chi connectivity index (χ2n) is 8.16. The molecule has 0 amide bonds. The van der Waals surface area contributed by atoms with Gasteiger partial charge in [0, 0.05) is 19.2 Å². The standard InChI is InChI=1S/C27H23ClN2O5S/c1-3-33-26(32)23-19(11-18(12-20(23)31)17-9-10-21-22(13-17)35-15-34-21)24-25(28)29-27(36-24)30(2)14-16-7-5-4-6-8-16/h4-13,31H,3,14-15H2,1-2H3. The van der Waals surface area contributed by atoms with Crippen molar-refractivity contribution in [2.45, 2.75) is 13.5 Å². The van der Waals surface area contributed by atoms with Crippen LogP contribution < -0.4 is 14.4 Å². The number of nitrogens with zero attached hydrogens (tertiary/aromatic N) is 2. The number of hydrogen-bond donors (Lipinski definition) is 1. The second kappa shape index (κ2) is 10.1. The molecule has 1 aromatic heterocycles. The molecule has 0 atom stereocenters. The Labute approximate surface area is 217 Å². The zero-order valence-corrected chi connectivity index (χ0v) is 21.2. The third-order valence-electron chi connectivity index (χ3n) is 5.71. The maximum atomic E-state index is 12.9. The van der Waals surface area contributed by atoms with Gasteiger partial charge in [0.2, 0.25) is 6.79 Å². The zero-order chi connectivity index (χ0) is 25.2. The Morgan fingerprint density at radius 1 is 1.11 bits per heavy atom. The normalized spacial score (nSPS) is 12.0. The maximum Gasteiger partial charge on any atom is 0.342 e. The van der Waals surface area contributed by atoms with E-state index in [1.807, 2.05) is 66.5 Å². The van der Waals surface area contributed by atoms with Gasteiger partial charge in [0.05, 0.1) is 11.5 Å². The van der Waals surface area contributed by atoms with Crippen LogP contribution in [0.4, 0.5) is 5.13 Å². The average molecular weight is 523 g/mol. The maximum absolute atomic E-state index is 12.9. The SMILES string of the molecule is CCOC(=O)c1c(O)cc(-c2ccc3c(c2)OCO3)cc1-c1sc(N(C)Cc2ccccc2)nc1Cl. The van der Waals surface area contributed by atoms with Crippen molar-refractivity contribution in [2.24, 2.45) is 0 Å². The third kappa shape index (κ3) is 4.69. The third-order valence-corrected chi connectivity index (χ3v) is 7.30. The zero-order valence-electron chi connectivity index (χ0n) is 19.7. The lowest BCUT2D eigenvalue weighted by Gasteiger charge is -2.15. The van der Waals surface area contributed by atoms with Crippen molar-refractivity contribution >= 4 is 34.0 Å². The van der Waals surface area contributed by atoms with Gasteiger partial charge in [0.15, 0.2) is 16.6 Å². The van der Waals surface area contributed by atoms with E-state index in [9.17, 15) is 9.90 Å². The fourth-order valence-electron chi connectivity index (χ4n) is 4.01. The number of halogens is 1. The number of carbonyl (C=O) groups excluding carboxylic acids is 1. The number of carbonyl (C=O) groups is 1. The summed E-state index contributed by atoms with van der Waals surface area (Å²) >= 11 is 7.95. The summed E-state index contributed by atoms with van der Waals surface area (Å²) in [5, 5.41) is 11.9. The van der Waals surface area contributed by atoms with Crippen LogP contribution in [0, 0.1) is 0 Å². The minimum Gasteiger partial charge on any atom is -0.507 e. The summed E-state index contributed by atoms with van der Waals surface area (Å²) in [6.45, 7) is 2.68. The summed E-state index contributed by atoms with van der Waals surface area (Å²) in [5.41, 5.74) is 3.08. The molecule has 1 aliphatic heterocycles. The van der Waals surface area contributed by atoms with Crippen LogP contribution in [0.2, 0.25) is 5.15 Å². The molecule has 36 heavy (non-hydrogen) atoms. The van der Waals surface area contributed by atoms with Crippen LogP contribution in [-0.4, -0.2) is 36.5 Å². The molecule has 1 N–H and O–H groups in total. The highest BCUT2D eigenvalue weighted by Crippen LogP contribution is 2.45. The van der Waals surface area contributed by atoms with E-state index in [4.69, 9.17) is 25.8 Å². The number of ether oxygens (including phenoxy) is 3. The summed E-state index contributed by atoms with van der Waals surface area (Å²) in [6.07, 6.45) is 0. The Hall–Kier alpha value is -3.75. The van der Waals surface area contributed by atoms with Gasteiger partial charge in [-0.1, -0.05) is 59.3 Å². The van der Waals surface area contributed by atoms with Gasteiger partial charge >= 0.3 is 5.97 Å². The van der Waals surface area contributed by atoms with Crippen LogP contribution in [0.1, 0.15) is 22.8 Å². The fraction of sp³-hybridized carbons (Fsp3) is 0.185. The van der Waals surface area contributed by atoms with Crippen LogP contribution in [0.5, 0.6) is 17.2 Å². The van der Waals surface area contributed by atoms with E-state index in [2.05, 4.69) is 4.98 Å². The minimum absolute atomic E-state index is 0.0455. The van der Waals surface area contributed by atoms with E-state index in [0.29, 0.717) is 39.2 Å². The van der Waals surface area contributed by atoms with Crippen LogP contribution in [0.25, 0.3) is 21.6 Å². The van der Waals surface area contributed by atoms with Crippen molar-refractivity contribution in [1.29, 1.82) is 0 Å². The number of phenolic OH excluding ortho intramolecular Hbond substituents is 1. The Kier molecular flexibility index (Phi) is 6.71. The van der Waals surface area contributed by atoms with Crippen molar-refractivity contribution in [1.82, 2.24) is 4.98 Å². The average Bonchev–Trinajstić information content (AvgIpc) is 3.50. The number of rotatable bonds is 7. The molecule has 9 heteroatoms. The molecule has 0 aliphatic carbocycles. The van der Waals surface area contributed by atoms with Crippen molar-refractivity contribution in [2.75, 3.05) is 25.3 Å². The summed E-state index contributed by atoms with van der Waals surface area (Å²) < 4.78 is 16.2. The minimum atomic E-state index is -0.633.